The highest BCUT2D eigenvalue weighted by Crippen LogP contribution is 2.47. The number of likely N-dealkylation sites (N-methyl/N-ethyl adjacent to an activating group) is 1. The summed E-state index contributed by atoms with van der Waals surface area (Å²) in [6.07, 6.45) is 7.40. The van der Waals surface area contributed by atoms with Gasteiger partial charge in [-0.15, -0.1) is 0 Å². The van der Waals surface area contributed by atoms with Gasteiger partial charge in [0.05, 0.1) is 23.4 Å². The molecule has 2 fully saturated rings. The number of nitrogens with one attached hydrogen (secondary N) is 2. The van der Waals surface area contributed by atoms with E-state index < -0.39 is 17.6 Å². The first-order valence-electron chi connectivity index (χ1n) is 16.9. The molecule has 3 aromatic rings. The van der Waals surface area contributed by atoms with E-state index in [-0.39, 0.29) is 33.6 Å². The van der Waals surface area contributed by atoms with Gasteiger partial charge < -0.3 is 20.3 Å². The normalized spacial score (nSPS) is 22.7. The minimum atomic E-state index is -0.575. The highest BCUT2D eigenvalue weighted by atomic mass is 35.5. The van der Waals surface area contributed by atoms with Gasteiger partial charge in [0.25, 0.3) is 11.8 Å². The number of amides is 3. The van der Waals surface area contributed by atoms with E-state index in [2.05, 4.69) is 15.5 Å². The van der Waals surface area contributed by atoms with E-state index in [1.807, 2.05) is 13.0 Å². The number of hydrogen-bond acceptors (Lipinski definition) is 7. The summed E-state index contributed by atoms with van der Waals surface area (Å²) < 4.78 is 21.6. The van der Waals surface area contributed by atoms with Crippen LogP contribution in [-0.4, -0.2) is 77.2 Å². The zero-order valence-electron chi connectivity index (χ0n) is 28.8. The van der Waals surface area contributed by atoms with Gasteiger partial charge in [-0.3, -0.25) is 24.2 Å². The van der Waals surface area contributed by atoms with Crippen LogP contribution >= 0.6 is 11.6 Å². The van der Waals surface area contributed by atoms with Crippen LogP contribution in [-0.2, 0) is 20.8 Å². The van der Waals surface area contributed by atoms with Crippen molar-refractivity contribution in [2.24, 2.45) is 0 Å². The Balaban J connectivity index is 1.19. The molecule has 0 radical (unpaired) electrons. The Morgan fingerprint density at radius 3 is 2.68 bits per heavy atom. The molecule has 50 heavy (non-hydrogen) atoms. The lowest BCUT2D eigenvalue weighted by atomic mass is 9.95. The van der Waals surface area contributed by atoms with Crippen LogP contribution in [0.5, 0.6) is 5.88 Å². The van der Waals surface area contributed by atoms with Crippen LogP contribution in [0.15, 0.2) is 60.1 Å². The average Bonchev–Trinajstić information content (AvgIpc) is 3.82. The Morgan fingerprint density at radius 2 is 1.96 bits per heavy atom. The van der Waals surface area contributed by atoms with Crippen molar-refractivity contribution in [3.8, 4) is 28.3 Å². The third-order valence-electron chi connectivity index (χ3n) is 10.7. The van der Waals surface area contributed by atoms with E-state index in [0.29, 0.717) is 46.2 Å². The van der Waals surface area contributed by atoms with Crippen LogP contribution in [0.25, 0.3) is 22.4 Å². The SMILES string of the molecule is C/C=C1\N(C)C=C(C(=O)Nc2cccc(-c3c(F)ccc(-c4cc5c(c(OC)n4)C(N4CCC6(CCC(=O)N6)C4)CC5)c3Cl)c2C)C(=O)N1C. The molecular formula is C38H40ClFN6O4. The van der Waals surface area contributed by atoms with Crippen molar-refractivity contribution >= 4 is 35.0 Å². The zero-order chi connectivity index (χ0) is 35.5. The van der Waals surface area contributed by atoms with E-state index in [4.69, 9.17) is 21.3 Å². The number of rotatable bonds is 6. The Hall–Kier alpha value is -4.74. The fraction of sp³-hybridized carbons (Fsp3) is 0.368. The lowest BCUT2D eigenvalue weighted by molar-refractivity contribution is -0.128. The van der Waals surface area contributed by atoms with Gasteiger partial charge in [0.2, 0.25) is 11.8 Å². The quantitative estimate of drug-likeness (QED) is 0.307. The van der Waals surface area contributed by atoms with Crippen molar-refractivity contribution < 1.29 is 23.5 Å². The van der Waals surface area contributed by atoms with E-state index in [1.54, 1.807) is 63.4 Å². The monoisotopic (exact) mass is 698 g/mol. The molecule has 2 aromatic carbocycles. The second-order valence-corrected chi connectivity index (χ2v) is 14.0. The third-order valence-corrected chi connectivity index (χ3v) is 11.1. The minimum Gasteiger partial charge on any atom is -0.481 e. The molecule has 3 amide bonds. The van der Waals surface area contributed by atoms with E-state index in [9.17, 15) is 14.4 Å². The molecule has 3 aliphatic heterocycles. The van der Waals surface area contributed by atoms with Crippen LogP contribution in [0.1, 0.15) is 55.3 Å². The van der Waals surface area contributed by atoms with E-state index in [1.165, 1.54) is 17.2 Å². The standard InChI is InChI=1S/C38H40ClFN6O4/c1-6-31-44(3)19-25(37(49)45(31)4)35(48)41-27-9-7-8-23(21(27)2)33-26(40)12-11-24(34(33)39)28-18-22-10-13-29(32(22)36(42-28)50-5)46-17-16-38(20-46)15-14-30(47)43-38/h6-9,11-12,18-19,29H,10,13-17,20H2,1-5H3,(H,41,48)(H,43,47)/b31-6+. The third kappa shape index (κ3) is 5.62. The van der Waals surface area contributed by atoms with Crippen molar-refractivity contribution in [2.75, 3.05) is 39.6 Å². The molecule has 2 N–H and O–H groups in total. The molecule has 1 aliphatic carbocycles. The Kier molecular flexibility index (Phi) is 8.68. The summed E-state index contributed by atoms with van der Waals surface area (Å²) in [4.78, 5) is 48.9. The predicted octanol–water partition coefficient (Wildman–Crippen LogP) is 5.95. The molecule has 7 rings (SSSR count). The Morgan fingerprint density at radius 1 is 1.16 bits per heavy atom. The van der Waals surface area contributed by atoms with E-state index >= 15 is 4.39 Å². The number of likely N-dealkylation sites (tertiary alicyclic amines) is 1. The molecule has 0 saturated carbocycles. The van der Waals surface area contributed by atoms with Gasteiger partial charge in [-0.1, -0.05) is 23.7 Å². The molecule has 12 heteroatoms. The summed E-state index contributed by atoms with van der Waals surface area (Å²) in [5, 5.41) is 6.26. The number of carbonyl (C=O) groups excluding carboxylic acids is 3. The van der Waals surface area contributed by atoms with Gasteiger partial charge in [0, 0.05) is 68.2 Å². The summed E-state index contributed by atoms with van der Waals surface area (Å²) in [6, 6.07) is 10.3. The summed E-state index contributed by atoms with van der Waals surface area (Å²) >= 11 is 7.05. The summed E-state index contributed by atoms with van der Waals surface area (Å²) in [7, 11) is 4.99. The number of fused-ring (bicyclic) bond motifs is 1. The largest absolute Gasteiger partial charge is 0.481 e. The first-order valence-corrected chi connectivity index (χ1v) is 17.2. The molecular weight excluding hydrogens is 659 g/mol. The number of anilines is 1. The Labute approximate surface area is 295 Å². The Bertz CT molecular complexity index is 2010. The number of methoxy groups -OCH3 is 1. The van der Waals surface area contributed by atoms with Gasteiger partial charge in [-0.05, 0) is 86.6 Å². The molecule has 1 aromatic heterocycles. The van der Waals surface area contributed by atoms with Crippen LogP contribution in [0.4, 0.5) is 10.1 Å². The summed E-state index contributed by atoms with van der Waals surface area (Å²) in [5.74, 6) is -0.224. The number of nitrogens with zero attached hydrogens (tertiary/aromatic N) is 4. The van der Waals surface area contributed by atoms with Crippen LogP contribution in [0.3, 0.4) is 0 Å². The second kappa shape index (κ2) is 12.9. The number of aryl methyl sites for hydroxylation is 1. The highest BCUT2D eigenvalue weighted by Gasteiger charge is 2.46. The number of halogens is 2. The topological polar surface area (TPSA) is 107 Å². The first kappa shape index (κ1) is 33.7. The number of carbonyl (C=O) groups is 3. The van der Waals surface area contributed by atoms with Crippen molar-refractivity contribution in [3.05, 3.63) is 87.6 Å². The molecule has 2 unspecified atom stereocenters. The average molecular weight is 699 g/mol. The van der Waals surface area contributed by atoms with Gasteiger partial charge in [-0.25, -0.2) is 9.37 Å². The predicted molar refractivity (Wildman–Crippen MR) is 190 cm³/mol. The summed E-state index contributed by atoms with van der Waals surface area (Å²) in [6.45, 7) is 5.29. The lowest BCUT2D eigenvalue weighted by Gasteiger charge is -2.32. The molecule has 1 spiro atoms. The van der Waals surface area contributed by atoms with Crippen molar-refractivity contribution in [2.45, 2.75) is 57.5 Å². The molecule has 2 saturated heterocycles. The van der Waals surface area contributed by atoms with Crippen LogP contribution in [0, 0.1) is 12.7 Å². The van der Waals surface area contributed by atoms with Crippen LogP contribution < -0.4 is 15.4 Å². The molecule has 10 nitrogen and oxygen atoms in total. The molecule has 2 atom stereocenters. The number of ether oxygens (including phenoxy) is 1. The fourth-order valence-electron chi connectivity index (χ4n) is 8.11. The van der Waals surface area contributed by atoms with Gasteiger partial charge >= 0.3 is 0 Å². The first-order chi connectivity index (χ1) is 23.9. The maximum absolute atomic E-state index is 15.7. The molecule has 260 valence electrons. The number of aromatic nitrogens is 1. The lowest BCUT2D eigenvalue weighted by Crippen LogP contribution is -2.44. The highest BCUT2D eigenvalue weighted by molar-refractivity contribution is 6.36. The maximum Gasteiger partial charge on any atom is 0.266 e. The molecule has 4 aliphatic rings. The minimum absolute atomic E-state index is 0.0231. The smallest absolute Gasteiger partial charge is 0.266 e. The molecule has 0 bridgehead atoms. The number of pyridine rings is 1. The van der Waals surface area contributed by atoms with Crippen LogP contribution in [0.2, 0.25) is 5.02 Å². The van der Waals surface area contributed by atoms with Gasteiger partial charge in [-0.2, -0.15) is 0 Å². The van der Waals surface area contributed by atoms with Crippen molar-refractivity contribution in [1.82, 2.24) is 25.0 Å². The maximum atomic E-state index is 15.7. The number of hydrogen-bond donors (Lipinski definition) is 2. The van der Waals surface area contributed by atoms with Crippen molar-refractivity contribution in [3.63, 3.8) is 0 Å². The van der Waals surface area contributed by atoms with Crippen molar-refractivity contribution in [1.29, 1.82) is 0 Å². The number of allylic oxidation sites excluding steroid dienone is 1. The fourth-order valence-corrected chi connectivity index (χ4v) is 8.46. The number of benzene rings is 2. The molecule has 4 heterocycles. The van der Waals surface area contributed by atoms with E-state index in [0.717, 1.165) is 49.9 Å². The summed E-state index contributed by atoms with van der Waals surface area (Å²) in [5.41, 5.74) is 4.82. The second-order valence-electron chi connectivity index (χ2n) is 13.6. The zero-order valence-corrected chi connectivity index (χ0v) is 29.6. The van der Waals surface area contributed by atoms with Gasteiger partial charge in [0.1, 0.15) is 17.2 Å². The van der Waals surface area contributed by atoms with Gasteiger partial charge in [0.15, 0.2) is 0 Å².